The van der Waals surface area contributed by atoms with Crippen LogP contribution in [0.4, 0.5) is 5.69 Å². The van der Waals surface area contributed by atoms with Gasteiger partial charge in [-0.3, -0.25) is 10.0 Å². The maximum atomic E-state index is 11.3. The number of fused-ring (bicyclic) bond motifs is 1. The van der Waals surface area contributed by atoms with Crippen LogP contribution in [0.15, 0.2) is 24.4 Å². The lowest BCUT2D eigenvalue weighted by Crippen LogP contribution is -2.29. The lowest BCUT2D eigenvalue weighted by molar-refractivity contribution is -0.130. The summed E-state index contributed by atoms with van der Waals surface area (Å²) in [7, 11) is 1.59. The van der Waals surface area contributed by atoms with Gasteiger partial charge in [0.25, 0.3) is 0 Å². The second-order valence-corrected chi connectivity index (χ2v) is 6.18. The van der Waals surface area contributed by atoms with Crippen molar-refractivity contribution >= 4 is 22.6 Å². The third kappa shape index (κ3) is 3.73. The van der Waals surface area contributed by atoms with Gasteiger partial charge in [0.05, 0.1) is 7.11 Å². The number of carbonyl (C=O) groups is 1. The average Bonchev–Trinajstić information content (AvgIpc) is 2.63. The van der Waals surface area contributed by atoms with Crippen molar-refractivity contribution in [1.29, 1.82) is 0 Å². The fourth-order valence-electron chi connectivity index (χ4n) is 3.29. The largest absolute Gasteiger partial charge is 0.481 e. The van der Waals surface area contributed by atoms with Crippen molar-refractivity contribution in [3.05, 3.63) is 24.4 Å². The maximum Gasteiger partial charge on any atom is 0.243 e. The highest BCUT2D eigenvalue weighted by Gasteiger charge is 2.23. The molecule has 1 aliphatic carbocycles. The van der Waals surface area contributed by atoms with E-state index in [2.05, 4.69) is 15.3 Å². The number of nitrogens with one attached hydrogen (secondary N) is 2. The molecule has 3 N–H and O–H groups in total. The van der Waals surface area contributed by atoms with Crippen LogP contribution in [-0.4, -0.2) is 34.2 Å². The van der Waals surface area contributed by atoms with E-state index < -0.39 is 0 Å². The highest BCUT2D eigenvalue weighted by atomic mass is 16.5. The SMILES string of the molecule is COc1ccc2c(NC3CCC(CC(=O)NO)CC3)ccnc2n1. The quantitative estimate of drug-likeness (QED) is 0.576. The van der Waals surface area contributed by atoms with Crippen LogP contribution in [0.25, 0.3) is 11.0 Å². The van der Waals surface area contributed by atoms with Crippen LogP contribution in [0.2, 0.25) is 0 Å². The molecule has 2 heterocycles. The average molecular weight is 330 g/mol. The Morgan fingerprint density at radius 2 is 2.08 bits per heavy atom. The minimum absolute atomic E-state index is 0.299. The molecule has 0 saturated heterocycles. The lowest BCUT2D eigenvalue weighted by Gasteiger charge is -2.29. The van der Waals surface area contributed by atoms with Gasteiger partial charge in [0.2, 0.25) is 11.8 Å². The monoisotopic (exact) mass is 330 g/mol. The van der Waals surface area contributed by atoms with Crippen molar-refractivity contribution in [2.24, 2.45) is 5.92 Å². The van der Waals surface area contributed by atoms with E-state index in [0.717, 1.165) is 36.8 Å². The van der Waals surface area contributed by atoms with Crippen molar-refractivity contribution in [1.82, 2.24) is 15.4 Å². The van der Waals surface area contributed by atoms with E-state index in [-0.39, 0.29) is 5.91 Å². The fraction of sp³-hybridized carbons (Fsp3) is 0.471. The van der Waals surface area contributed by atoms with Gasteiger partial charge in [0.1, 0.15) is 0 Å². The molecule has 0 radical (unpaired) electrons. The van der Waals surface area contributed by atoms with E-state index >= 15 is 0 Å². The molecular weight excluding hydrogens is 308 g/mol. The van der Waals surface area contributed by atoms with E-state index in [1.807, 2.05) is 18.2 Å². The van der Waals surface area contributed by atoms with Crippen LogP contribution < -0.4 is 15.5 Å². The number of anilines is 1. The number of rotatable bonds is 5. The van der Waals surface area contributed by atoms with Crippen LogP contribution >= 0.6 is 0 Å². The number of pyridine rings is 2. The molecule has 0 spiro atoms. The fourth-order valence-corrected chi connectivity index (χ4v) is 3.29. The zero-order valence-corrected chi connectivity index (χ0v) is 13.7. The van der Waals surface area contributed by atoms with Crippen LogP contribution in [0, 0.1) is 5.92 Å². The summed E-state index contributed by atoms with van der Waals surface area (Å²) in [6, 6.07) is 6.13. The first-order chi connectivity index (χ1) is 11.7. The van der Waals surface area contributed by atoms with Gasteiger partial charge in [0.15, 0.2) is 5.65 Å². The molecular formula is C17H22N4O3. The van der Waals surface area contributed by atoms with E-state index in [4.69, 9.17) is 9.94 Å². The number of aromatic nitrogens is 2. The van der Waals surface area contributed by atoms with Crippen molar-refractivity contribution in [3.8, 4) is 5.88 Å². The minimum Gasteiger partial charge on any atom is -0.481 e. The van der Waals surface area contributed by atoms with E-state index in [0.29, 0.717) is 29.9 Å². The molecule has 0 aliphatic heterocycles. The highest BCUT2D eigenvalue weighted by molar-refractivity contribution is 5.89. The van der Waals surface area contributed by atoms with Crippen molar-refractivity contribution in [2.75, 3.05) is 12.4 Å². The van der Waals surface area contributed by atoms with Gasteiger partial charge in [-0.25, -0.2) is 10.5 Å². The first kappa shape index (κ1) is 16.4. The Morgan fingerprint density at radius 3 is 2.79 bits per heavy atom. The molecule has 1 aliphatic rings. The zero-order chi connectivity index (χ0) is 16.9. The predicted molar refractivity (Wildman–Crippen MR) is 90.0 cm³/mol. The number of carbonyl (C=O) groups excluding carboxylic acids is 1. The number of hydrogen-bond acceptors (Lipinski definition) is 6. The zero-order valence-electron chi connectivity index (χ0n) is 13.7. The van der Waals surface area contributed by atoms with E-state index in [9.17, 15) is 4.79 Å². The van der Waals surface area contributed by atoms with Crippen LogP contribution in [0.3, 0.4) is 0 Å². The molecule has 1 fully saturated rings. The summed E-state index contributed by atoms with van der Waals surface area (Å²) in [4.78, 5) is 19.9. The first-order valence-corrected chi connectivity index (χ1v) is 8.19. The molecule has 2 aromatic heterocycles. The summed E-state index contributed by atoms with van der Waals surface area (Å²) in [6.07, 6.45) is 6.08. The summed E-state index contributed by atoms with van der Waals surface area (Å²) >= 11 is 0. The molecule has 1 amide bonds. The molecule has 24 heavy (non-hydrogen) atoms. The van der Waals surface area contributed by atoms with Crippen LogP contribution in [-0.2, 0) is 4.79 Å². The Labute approximate surface area is 140 Å². The Hall–Kier alpha value is -2.41. The number of amides is 1. The summed E-state index contributed by atoms with van der Waals surface area (Å²) in [5.41, 5.74) is 3.39. The summed E-state index contributed by atoms with van der Waals surface area (Å²) in [5.74, 6) is 0.594. The third-order valence-electron chi connectivity index (χ3n) is 4.59. The van der Waals surface area contributed by atoms with Crippen molar-refractivity contribution in [3.63, 3.8) is 0 Å². The molecule has 3 rings (SSSR count). The molecule has 128 valence electrons. The molecule has 0 bridgehead atoms. The maximum absolute atomic E-state index is 11.3. The third-order valence-corrected chi connectivity index (χ3v) is 4.59. The number of hydrogen-bond donors (Lipinski definition) is 3. The normalized spacial score (nSPS) is 20.6. The van der Waals surface area contributed by atoms with Crippen LogP contribution in [0.1, 0.15) is 32.1 Å². The number of nitrogens with zero attached hydrogens (tertiary/aromatic N) is 2. The number of methoxy groups -OCH3 is 1. The second kappa shape index (κ2) is 7.44. The standard InChI is InChI=1S/C17H22N4O3/c1-24-16-7-6-13-14(8-9-18-17(13)20-16)19-12-4-2-11(3-5-12)10-15(22)21-23/h6-9,11-12,23H,2-5,10H2,1H3,(H,21,22)(H,18,19,20). The Kier molecular flexibility index (Phi) is 5.10. The Bertz CT molecular complexity index is 714. The van der Waals surface area contributed by atoms with E-state index in [1.165, 1.54) is 0 Å². The van der Waals surface area contributed by atoms with Gasteiger partial charge in [-0.2, -0.15) is 4.98 Å². The van der Waals surface area contributed by atoms with Gasteiger partial charge in [-0.05, 0) is 43.7 Å². The number of hydroxylamine groups is 1. The van der Waals surface area contributed by atoms with Gasteiger partial charge in [0, 0.05) is 35.8 Å². The molecule has 0 unspecified atom stereocenters. The highest BCUT2D eigenvalue weighted by Crippen LogP contribution is 2.30. The number of ether oxygens (including phenoxy) is 1. The summed E-state index contributed by atoms with van der Waals surface area (Å²) < 4.78 is 5.14. The smallest absolute Gasteiger partial charge is 0.243 e. The molecule has 0 atom stereocenters. The summed E-state index contributed by atoms with van der Waals surface area (Å²) in [5, 5.41) is 13.2. The van der Waals surface area contributed by atoms with Gasteiger partial charge in [-0.1, -0.05) is 0 Å². The Morgan fingerprint density at radius 1 is 1.29 bits per heavy atom. The van der Waals surface area contributed by atoms with Crippen molar-refractivity contribution in [2.45, 2.75) is 38.1 Å². The Balaban J connectivity index is 1.65. The molecule has 0 aromatic carbocycles. The predicted octanol–water partition coefficient (Wildman–Crippen LogP) is 2.50. The molecule has 7 nitrogen and oxygen atoms in total. The van der Waals surface area contributed by atoms with Gasteiger partial charge in [-0.15, -0.1) is 0 Å². The molecule has 7 heteroatoms. The van der Waals surface area contributed by atoms with Gasteiger partial charge < -0.3 is 10.1 Å². The van der Waals surface area contributed by atoms with Gasteiger partial charge >= 0.3 is 0 Å². The minimum atomic E-state index is -0.299. The first-order valence-electron chi connectivity index (χ1n) is 8.19. The van der Waals surface area contributed by atoms with Crippen LogP contribution in [0.5, 0.6) is 5.88 Å². The molecule has 2 aromatic rings. The topological polar surface area (TPSA) is 96.4 Å². The molecule has 1 saturated carbocycles. The van der Waals surface area contributed by atoms with E-state index in [1.54, 1.807) is 18.8 Å². The van der Waals surface area contributed by atoms with Crippen molar-refractivity contribution < 1.29 is 14.7 Å². The summed E-state index contributed by atoms with van der Waals surface area (Å²) in [6.45, 7) is 0. The lowest BCUT2D eigenvalue weighted by atomic mass is 9.84. The second-order valence-electron chi connectivity index (χ2n) is 6.18.